The van der Waals surface area contributed by atoms with Crippen LogP contribution in [0.5, 0.6) is 5.75 Å². The molecule has 2 aliphatic heterocycles. The molecule has 1 unspecified atom stereocenters. The lowest BCUT2D eigenvalue weighted by atomic mass is 10.0. The molecular formula is C24H21N3O9S. The van der Waals surface area contributed by atoms with Gasteiger partial charge in [-0.2, -0.15) is 0 Å². The first kappa shape index (κ1) is 25.7. The largest absolute Gasteiger partial charge is 0.505 e. The number of carboxylic acid groups (broad SMARTS) is 1. The fourth-order valence-electron chi connectivity index (χ4n) is 3.83. The van der Waals surface area contributed by atoms with Gasteiger partial charge in [-0.15, -0.1) is 11.8 Å². The molecule has 4 rings (SSSR count). The third-order valence-electron chi connectivity index (χ3n) is 5.54. The van der Waals surface area contributed by atoms with E-state index in [1.54, 1.807) is 30.3 Å². The van der Waals surface area contributed by atoms with Crippen molar-refractivity contribution in [3.05, 3.63) is 71.2 Å². The van der Waals surface area contributed by atoms with E-state index in [1.165, 1.54) is 37.0 Å². The number of amides is 2. The summed E-state index contributed by atoms with van der Waals surface area (Å²) >= 11 is 1.20. The number of β-lactam (4-membered cyclic amide) rings is 1. The number of aliphatic carboxylic acids is 1. The highest BCUT2D eigenvalue weighted by Crippen LogP contribution is 2.40. The molecule has 0 spiro atoms. The van der Waals surface area contributed by atoms with Crippen LogP contribution in [0.15, 0.2) is 59.9 Å². The van der Waals surface area contributed by atoms with Crippen molar-refractivity contribution in [3.63, 3.8) is 0 Å². The number of rotatable bonds is 8. The molecule has 192 valence electrons. The molecule has 1 saturated heterocycles. The minimum Gasteiger partial charge on any atom is -0.505 e. The van der Waals surface area contributed by atoms with Gasteiger partial charge < -0.3 is 25.0 Å². The number of ether oxygens (including phenoxy) is 2. The summed E-state index contributed by atoms with van der Waals surface area (Å²) in [6, 6.07) is 9.62. The van der Waals surface area contributed by atoms with Crippen LogP contribution in [0.4, 0.5) is 0 Å². The molecule has 12 nitrogen and oxygen atoms in total. The van der Waals surface area contributed by atoms with Crippen molar-refractivity contribution in [2.75, 3.05) is 12.4 Å². The van der Waals surface area contributed by atoms with Gasteiger partial charge in [-0.1, -0.05) is 30.3 Å². The van der Waals surface area contributed by atoms with Crippen molar-refractivity contribution in [1.29, 1.82) is 0 Å². The van der Waals surface area contributed by atoms with Crippen LogP contribution in [0, 0.1) is 0 Å². The number of carbonyl (C=O) groups excluding carboxylic acids is 4. The lowest BCUT2D eigenvalue weighted by Crippen LogP contribution is -2.71. The van der Waals surface area contributed by atoms with Crippen LogP contribution in [0.1, 0.15) is 29.1 Å². The second-order valence-corrected chi connectivity index (χ2v) is 9.11. The SMILES string of the molecule is CC(=O)OCC1=C(C(=O)O)N2C(=O)[C@H](NC(=O)C(OC(=O)c3ncccc3O)c3ccccc3)[C@H]2SC1. The molecule has 2 aliphatic rings. The van der Waals surface area contributed by atoms with E-state index < -0.39 is 53.0 Å². The van der Waals surface area contributed by atoms with E-state index in [2.05, 4.69) is 10.3 Å². The Morgan fingerprint density at radius 1 is 1.19 bits per heavy atom. The number of carbonyl (C=O) groups is 5. The Morgan fingerprint density at radius 3 is 2.57 bits per heavy atom. The normalized spacial score (nSPS) is 19.3. The summed E-state index contributed by atoms with van der Waals surface area (Å²) in [5, 5.41) is 21.4. The van der Waals surface area contributed by atoms with Crippen LogP contribution in [0.2, 0.25) is 0 Å². The molecule has 3 heterocycles. The predicted molar refractivity (Wildman–Crippen MR) is 127 cm³/mol. The summed E-state index contributed by atoms with van der Waals surface area (Å²) < 4.78 is 10.3. The highest BCUT2D eigenvalue weighted by Gasteiger charge is 2.54. The van der Waals surface area contributed by atoms with E-state index in [0.29, 0.717) is 5.56 Å². The van der Waals surface area contributed by atoms with Crippen LogP contribution in [0.3, 0.4) is 0 Å². The summed E-state index contributed by atoms with van der Waals surface area (Å²) in [5.74, 6) is -4.78. The van der Waals surface area contributed by atoms with E-state index in [-0.39, 0.29) is 29.3 Å². The molecule has 3 atom stereocenters. The van der Waals surface area contributed by atoms with Crippen molar-refractivity contribution in [2.24, 2.45) is 0 Å². The molecule has 3 N–H and O–H groups in total. The molecule has 1 aromatic carbocycles. The molecule has 0 aliphatic carbocycles. The zero-order valence-electron chi connectivity index (χ0n) is 19.3. The van der Waals surface area contributed by atoms with E-state index in [4.69, 9.17) is 9.47 Å². The molecule has 0 bridgehead atoms. The molecule has 1 aromatic heterocycles. The number of pyridine rings is 1. The van der Waals surface area contributed by atoms with Crippen LogP contribution in [-0.4, -0.2) is 73.6 Å². The number of hydrogen-bond donors (Lipinski definition) is 3. The summed E-state index contributed by atoms with van der Waals surface area (Å²) in [7, 11) is 0. The second kappa shape index (κ2) is 10.7. The van der Waals surface area contributed by atoms with Crippen molar-refractivity contribution in [1.82, 2.24) is 15.2 Å². The molecule has 1 fully saturated rings. The Bertz CT molecular complexity index is 1300. The Hall–Kier alpha value is -4.39. The first-order chi connectivity index (χ1) is 17.7. The van der Waals surface area contributed by atoms with Crippen LogP contribution in [-0.2, 0) is 28.7 Å². The predicted octanol–water partition coefficient (Wildman–Crippen LogP) is 0.987. The van der Waals surface area contributed by atoms with Crippen molar-refractivity contribution >= 4 is 41.5 Å². The topological polar surface area (TPSA) is 172 Å². The average molecular weight is 528 g/mol. The standard InChI is InChI=1S/C24H21N3O9S/c1-12(28)35-10-14-11-37-22-17(21(31)27(22)18(14)23(32)33)26-20(30)19(13-6-3-2-4-7-13)36-24(34)16-15(29)8-5-9-25-16/h2-9,17,19,22,29H,10-11H2,1H3,(H,26,30)(H,32,33)/t17-,19?,22+/m0/s1. The fourth-order valence-corrected chi connectivity index (χ4v) is 5.16. The molecule has 13 heteroatoms. The number of nitrogens with zero attached hydrogens (tertiary/aromatic N) is 2. The molecule has 2 amide bonds. The number of carboxylic acids is 1. The summed E-state index contributed by atoms with van der Waals surface area (Å²) in [5.41, 5.74) is -0.120. The third-order valence-corrected chi connectivity index (χ3v) is 6.88. The Morgan fingerprint density at radius 2 is 1.92 bits per heavy atom. The Labute approximate surface area is 214 Å². The highest BCUT2D eigenvalue weighted by atomic mass is 32.2. The van der Waals surface area contributed by atoms with E-state index >= 15 is 0 Å². The van der Waals surface area contributed by atoms with Gasteiger partial charge >= 0.3 is 17.9 Å². The van der Waals surface area contributed by atoms with Gasteiger partial charge in [0, 0.05) is 30.0 Å². The third kappa shape index (κ3) is 5.26. The maximum Gasteiger partial charge on any atom is 0.361 e. The van der Waals surface area contributed by atoms with Crippen LogP contribution in [0.25, 0.3) is 0 Å². The quantitative estimate of drug-likeness (QED) is 0.330. The highest BCUT2D eigenvalue weighted by molar-refractivity contribution is 8.00. The van der Waals surface area contributed by atoms with Gasteiger partial charge in [-0.3, -0.25) is 19.3 Å². The fraction of sp³-hybridized carbons (Fsp3) is 0.250. The van der Waals surface area contributed by atoms with Gasteiger partial charge in [0.25, 0.3) is 11.8 Å². The minimum atomic E-state index is -1.49. The van der Waals surface area contributed by atoms with Gasteiger partial charge in [0.05, 0.1) is 0 Å². The van der Waals surface area contributed by atoms with Gasteiger partial charge in [-0.25, -0.2) is 14.6 Å². The maximum atomic E-state index is 13.2. The van der Waals surface area contributed by atoms with Crippen molar-refractivity contribution < 1.29 is 43.7 Å². The smallest absolute Gasteiger partial charge is 0.361 e. The number of fused-ring (bicyclic) bond motifs is 1. The number of aromatic nitrogens is 1. The van der Waals surface area contributed by atoms with Gasteiger partial charge in [-0.05, 0) is 12.1 Å². The molecule has 0 saturated carbocycles. The zero-order chi connectivity index (χ0) is 26.7. The second-order valence-electron chi connectivity index (χ2n) is 8.00. The molecular weight excluding hydrogens is 506 g/mol. The summed E-state index contributed by atoms with van der Waals surface area (Å²) in [6.45, 7) is 0.912. The van der Waals surface area contributed by atoms with E-state index in [9.17, 15) is 34.2 Å². The number of aromatic hydroxyl groups is 1. The van der Waals surface area contributed by atoms with Crippen LogP contribution < -0.4 is 5.32 Å². The number of benzene rings is 1. The number of esters is 2. The number of nitrogens with one attached hydrogen (secondary N) is 1. The van der Waals surface area contributed by atoms with Crippen molar-refractivity contribution in [3.8, 4) is 5.75 Å². The van der Waals surface area contributed by atoms with E-state index in [1.807, 2.05) is 0 Å². The average Bonchev–Trinajstić information content (AvgIpc) is 2.88. The Kier molecular flexibility index (Phi) is 7.43. The monoisotopic (exact) mass is 527 g/mol. The van der Waals surface area contributed by atoms with Crippen LogP contribution >= 0.6 is 11.8 Å². The first-order valence-electron chi connectivity index (χ1n) is 10.9. The van der Waals surface area contributed by atoms with Gasteiger partial charge in [0.15, 0.2) is 5.69 Å². The zero-order valence-corrected chi connectivity index (χ0v) is 20.1. The minimum absolute atomic E-state index is 0.159. The lowest BCUT2D eigenvalue weighted by Gasteiger charge is -2.49. The number of thioether (sulfide) groups is 1. The summed E-state index contributed by atoms with van der Waals surface area (Å²) in [4.78, 5) is 66.7. The van der Waals surface area contributed by atoms with E-state index in [0.717, 1.165) is 4.90 Å². The van der Waals surface area contributed by atoms with Crippen molar-refractivity contribution in [2.45, 2.75) is 24.4 Å². The maximum absolute atomic E-state index is 13.2. The van der Waals surface area contributed by atoms with Gasteiger partial charge in [0.2, 0.25) is 6.10 Å². The molecule has 37 heavy (non-hydrogen) atoms. The Balaban J connectivity index is 1.53. The lowest BCUT2D eigenvalue weighted by molar-refractivity contribution is -0.152. The molecule has 0 radical (unpaired) electrons. The summed E-state index contributed by atoms with van der Waals surface area (Å²) in [6.07, 6.45) is -0.210. The molecule has 2 aromatic rings. The van der Waals surface area contributed by atoms with Gasteiger partial charge in [0.1, 0.15) is 29.5 Å². The number of hydrogen-bond acceptors (Lipinski definition) is 10. The first-order valence-corrected chi connectivity index (χ1v) is 12.0.